The summed E-state index contributed by atoms with van der Waals surface area (Å²) in [5.41, 5.74) is 1.46. The maximum atomic E-state index is 13.0. The molecule has 3 aliphatic heterocycles. The molecule has 2 bridgehead atoms. The van der Waals surface area contributed by atoms with Crippen molar-refractivity contribution < 1.29 is 4.79 Å². The number of rotatable bonds is 4. The molecule has 0 aromatic carbocycles. The van der Waals surface area contributed by atoms with Gasteiger partial charge in [-0.2, -0.15) is 0 Å². The van der Waals surface area contributed by atoms with Crippen LogP contribution in [0, 0.1) is 5.92 Å². The van der Waals surface area contributed by atoms with Crippen molar-refractivity contribution in [1.82, 2.24) is 19.4 Å². The molecule has 6 nitrogen and oxygen atoms in total. The van der Waals surface area contributed by atoms with E-state index in [2.05, 4.69) is 16.0 Å². The Labute approximate surface area is 159 Å². The number of aryl methyl sites for hydroxylation is 1. The van der Waals surface area contributed by atoms with Gasteiger partial charge in [-0.3, -0.25) is 19.5 Å². The standard InChI is InChI=1S/C21H26N4O2/c1-2-23-10-8-17(11-20(23)26)21(27)25-13-16-6-7-19(15-25)24(12-16)14-18-5-3-4-9-22-18/h3-5,8-11,16,19H,2,6-7,12-15H2,1H3/t16-,19-/m1/s1. The molecule has 3 fully saturated rings. The minimum Gasteiger partial charge on any atom is -0.337 e. The fourth-order valence-corrected chi connectivity index (χ4v) is 4.32. The predicted octanol–water partition coefficient (Wildman–Crippen LogP) is 2.00. The molecule has 0 aliphatic carbocycles. The summed E-state index contributed by atoms with van der Waals surface area (Å²) in [4.78, 5) is 34.0. The summed E-state index contributed by atoms with van der Waals surface area (Å²) in [6, 6.07) is 9.61. The van der Waals surface area contributed by atoms with E-state index < -0.39 is 0 Å². The Morgan fingerprint density at radius 2 is 2.07 bits per heavy atom. The number of carbonyl (C=O) groups excluding carboxylic acids is 1. The molecule has 27 heavy (non-hydrogen) atoms. The molecule has 0 saturated carbocycles. The molecule has 3 saturated heterocycles. The zero-order chi connectivity index (χ0) is 18.8. The molecule has 0 N–H and O–H groups in total. The van der Waals surface area contributed by atoms with Crippen LogP contribution < -0.4 is 5.56 Å². The number of aromatic nitrogens is 2. The van der Waals surface area contributed by atoms with E-state index >= 15 is 0 Å². The highest BCUT2D eigenvalue weighted by atomic mass is 16.2. The number of hydrogen-bond donors (Lipinski definition) is 0. The van der Waals surface area contributed by atoms with Gasteiger partial charge in [0.05, 0.1) is 5.69 Å². The molecule has 2 aromatic rings. The van der Waals surface area contributed by atoms with E-state index in [0.29, 0.717) is 24.1 Å². The van der Waals surface area contributed by atoms with Gasteiger partial charge in [-0.05, 0) is 43.9 Å². The first kappa shape index (κ1) is 17.9. The maximum absolute atomic E-state index is 13.0. The second-order valence-electron chi connectivity index (χ2n) is 7.60. The highest BCUT2D eigenvalue weighted by Gasteiger charge is 2.36. The smallest absolute Gasteiger partial charge is 0.254 e. The van der Waals surface area contributed by atoms with Gasteiger partial charge in [-0.25, -0.2) is 0 Å². The molecular weight excluding hydrogens is 340 g/mol. The Morgan fingerprint density at radius 1 is 1.19 bits per heavy atom. The van der Waals surface area contributed by atoms with E-state index in [-0.39, 0.29) is 11.5 Å². The van der Waals surface area contributed by atoms with Crippen molar-refractivity contribution in [2.75, 3.05) is 19.6 Å². The van der Waals surface area contributed by atoms with Gasteiger partial charge in [0.1, 0.15) is 0 Å². The third kappa shape index (κ3) is 3.81. The van der Waals surface area contributed by atoms with Crippen LogP contribution in [-0.4, -0.2) is 50.9 Å². The fourth-order valence-electron chi connectivity index (χ4n) is 4.32. The molecule has 1 amide bonds. The minimum atomic E-state index is -0.113. The molecule has 142 valence electrons. The van der Waals surface area contributed by atoms with Crippen LogP contribution in [0.2, 0.25) is 0 Å². The molecule has 3 aliphatic rings. The lowest BCUT2D eigenvalue weighted by molar-refractivity contribution is 0.0735. The normalized spacial score (nSPS) is 22.6. The average molecular weight is 366 g/mol. The molecule has 2 aromatic heterocycles. The molecule has 0 unspecified atom stereocenters. The Morgan fingerprint density at radius 3 is 2.81 bits per heavy atom. The summed E-state index contributed by atoms with van der Waals surface area (Å²) in [5.74, 6) is 0.458. The summed E-state index contributed by atoms with van der Waals surface area (Å²) in [5, 5.41) is 0. The van der Waals surface area contributed by atoms with Gasteiger partial charge in [-0.15, -0.1) is 0 Å². The topological polar surface area (TPSA) is 58.4 Å². The van der Waals surface area contributed by atoms with E-state index in [1.54, 1.807) is 16.8 Å². The van der Waals surface area contributed by atoms with Crippen LogP contribution in [-0.2, 0) is 13.1 Å². The quantitative estimate of drug-likeness (QED) is 0.830. The summed E-state index contributed by atoms with van der Waals surface area (Å²) in [7, 11) is 0. The fraction of sp³-hybridized carbons (Fsp3) is 0.476. The lowest BCUT2D eigenvalue weighted by Crippen LogP contribution is -2.44. The maximum Gasteiger partial charge on any atom is 0.254 e. The lowest BCUT2D eigenvalue weighted by atomic mass is 9.95. The van der Waals surface area contributed by atoms with E-state index in [1.807, 2.05) is 30.2 Å². The number of nitrogens with zero attached hydrogens (tertiary/aromatic N) is 4. The Balaban J connectivity index is 1.50. The van der Waals surface area contributed by atoms with Gasteiger partial charge in [-0.1, -0.05) is 6.07 Å². The van der Waals surface area contributed by atoms with E-state index in [9.17, 15) is 9.59 Å². The number of amides is 1. The number of carbonyl (C=O) groups is 1. The first-order valence-electron chi connectivity index (χ1n) is 9.77. The SMILES string of the molecule is CCn1ccc(C(=O)N2C[C@@H]3CC[C@H](C2)N(Cc2ccccn2)C3)cc1=O. The first-order valence-corrected chi connectivity index (χ1v) is 9.77. The van der Waals surface area contributed by atoms with E-state index in [1.165, 1.54) is 6.07 Å². The van der Waals surface area contributed by atoms with Crippen molar-refractivity contribution in [2.24, 2.45) is 5.92 Å². The van der Waals surface area contributed by atoms with Crippen molar-refractivity contribution in [1.29, 1.82) is 0 Å². The molecule has 5 rings (SSSR count). The number of fused-ring (bicyclic) bond motifs is 4. The molecule has 0 spiro atoms. The monoisotopic (exact) mass is 366 g/mol. The van der Waals surface area contributed by atoms with E-state index in [0.717, 1.165) is 44.7 Å². The van der Waals surface area contributed by atoms with Crippen molar-refractivity contribution in [3.63, 3.8) is 0 Å². The molecule has 5 heterocycles. The van der Waals surface area contributed by atoms with Crippen molar-refractivity contribution >= 4 is 5.91 Å². The summed E-state index contributed by atoms with van der Waals surface area (Å²) in [6.45, 7) is 5.86. The second kappa shape index (κ2) is 7.64. The average Bonchev–Trinajstić information content (AvgIpc) is 3.00. The van der Waals surface area contributed by atoms with Crippen LogP contribution in [0.3, 0.4) is 0 Å². The van der Waals surface area contributed by atoms with Crippen LogP contribution in [0.1, 0.15) is 35.8 Å². The van der Waals surface area contributed by atoms with Gasteiger partial charge < -0.3 is 9.47 Å². The largest absolute Gasteiger partial charge is 0.337 e. The van der Waals surface area contributed by atoms with Gasteiger partial charge in [0.2, 0.25) is 0 Å². The zero-order valence-corrected chi connectivity index (χ0v) is 15.8. The number of pyridine rings is 2. The van der Waals surface area contributed by atoms with Crippen LogP contribution in [0.15, 0.2) is 47.5 Å². The van der Waals surface area contributed by atoms with Gasteiger partial charge >= 0.3 is 0 Å². The van der Waals surface area contributed by atoms with Crippen LogP contribution in [0.5, 0.6) is 0 Å². The summed E-state index contributed by atoms with van der Waals surface area (Å²) >= 11 is 0. The van der Waals surface area contributed by atoms with Crippen molar-refractivity contribution in [3.8, 4) is 0 Å². The number of hydrogen-bond acceptors (Lipinski definition) is 4. The Bertz CT molecular complexity index is 864. The van der Waals surface area contributed by atoms with Crippen molar-refractivity contribution in [2.45, 2.75) is 38.9 Å². The molecule has 0 radical (unpaired) electrons. The van der Waals surface area contributed by atoms with Gasteiger partial charge in [0, 0.05) is 62.8 Å². The van der Waals surface area contributed by atoms with Gasteiger partial charge in [0.15, 0.2) is 0 Å². The lowest BCUT2D eigenvalue weighted by Gasteiger charge is -2.35. The second-order valence-corrected chi connectivity index (χ2v) is 7.60. The van der Waals surface area contributed by atoms with Crippen LogP contribution in [0.25, 0.3) is 0 Å². The Hall–Kier alpha value is -2.47. The van der Waals surface area contributed by atoms with Crippen molar-refractivity contribution in [3.05, 3.63) is 64.3 Å². The summed E-state index contributed by atoms with van der Waals surface area (Å²) < 4.78 is 1.61. The summed E-state index contributed by atoms with van der Waals surface area (Å²) in [6.07, 6.45) is 5.82. The van der Waals surface area contributed by atoms with Crippen LogP contribution in [0.4, 0.5) is 0 Å². The van der Waals surface area contributed by atoms with Gasteiger partial charge in [0.25, 0.3) is 11.5 Å². The molecule has 2 atom stereocenters. The third-order valence-corrected chi connectivity index (χ3v) is 5.79. The highest BCUT2D eigenvalue weighted by Crippen LogP contribution is 2.29. The number of piperidine rings is 1. The third-order valence-electron chi connectivity index (χ3n) is 5.79. The zero-order valence-electron chi connectivity index (χ0n) is 15.8. The predicted molar refractivity (Wildman–Crippen MR) is 103 cm³/mol. The highest BCUT2D eigenvalue weighted by molar-refractivity contribution is 5.94. The first-order chi connectivity index (χ1) is 13.1. The Kier molecular flexibility index (Phi) is 5.07. The van der Waals surface area contributed by atoms with E-state index in [4.69, 9.17) is 0 Å². The molecular formula is C21H26N4O2. The molecule has 6 heteroatoms. The minimum absolute atomic E-state index is 0.0214. The van der Waals surface area contributed by atoms with Crippen LogP contribution >= 0.6 is 0 Å².